The highest BCUT2D eigenvalue weighted by atomic mass is 16.3. The molecule has 1 saturated carbocycles. The zero-order valence-electron chi connectivity index (χ0n) is 23.0. The fourth-order valence-electron chi connectivity index (χ4n) is 6.61. The monoisotopic (exact) mass is 539 g/mol. The Kier molecular flexibility index (Phi) is 7.26. The van der Waals surface area contributed by atoms with Crippen LogP contribution in [0, 0.1) is 11.8 Å². The number of hydrogen-bond donors (Lipinski definition) is 5. The number of hydrogen-bond acceptors (Lipinski definition) is 9. The molecule has 39 heavy (non-hydrogen) atoms. The quantitative estimate of drug-likeness (QED) is 0.256. The van der Waals surface area contributed by atoms with Gasteiger partial charge in [0.1, 0.15) is 22.8 Å². The summed E-state index contributed by atoms with van der Waals surface area (Å²) in [5, 5.41) is 45.6. The molecule has 3 aliphatic rings. The molecule has 0 aliphatic heterocycles. The van der Waals surface area contributed by atoms with Gasteiger partial charge in [-0.1, -0.05) is 26.0 Å². The lowest BCUT2D eigenvalue weighted by Crippen LogP contribution is -2.65. The molecule has 0 saturated heterocycles. The molecule has 210 valence electrons. The van der Waals surface area contributed by atoms with Crippen molar-refractivity contribution in [2.75, 3.05) is 27.7 Å². The highest BCUT2D eigenvalue weighted by molar-refractivity contribution is 6.24. The minimum Gasteiger partial charge on any atom is -0.508 e. The summed E-state index contributed by atoms with van der Waals surface area (Å²) in [4.78, 5) is 42.8. The fraction of sp³-hybridized carbons (Fsp3) is 0.483. The van der Waals surface area contributed by atoms with Crippen molar-refractivity contribution in [2.45, 2.75) is 50.8 Å². The van der Waals surface area contributed by atoms with Crippen LogP contribution in [-0.2, 0) is 27.3 Å². The number of nitrogens with zero attached hydrogens (tertiary/aromatic N) is 2. The minimum atomic E-state index is -2.65. The molecule has 0 spiro atoms. The average molecular weight is 540 g/mol. The molecule has 4 atom stereocenters. The van der Waals surface area contributed by atoms with Crippen molar-refractivity contribution in [3.63, 3.8) is 0 Å². The van der Waals surface area contributed by atoms with Crippen molar-refractivity contribution in [2.24, 2.45) is 17.6 Å². The van der Waals surface area contributed by atoms with Crippen LogP contribution in [0.2, 0.25) is 0 Å². The number of carbonyl (C=O) groups excluding carboxylic acids is 3. The zero-order chi connectivity index (χ0) is 29.1. The van der Waals surface area contributed by atoms with Crippen LogP contribution in [0.15, 0.2) is 35.6 Å². The molecule has 0 unspecified atom stereocenters. The van der Waals surface area contributed by atoms with Gasteiger partial charge in [-0.05, 0) is 56.9 Å². The number of Topliss-reactive ketones (excluding diaryl/α,β-unsaturated/α-hetero) is 2. The number of amides is 1. The van der Waals surface area contributed by atoms with Crippen molar-refractivity contribution in [1.82, 2.24) is 9.80 Å². The third-order valence-electron chi connectivity index (χ3n) is 8.34. The first-order valence-electron chi connectivity index (χ1n) is 13.0. The predicted octanol–water partition coefficient (Wildman–Crippen LogP) is 1.71. The molecule has 4 rings (SSSR count). The van der Waals surface area contributed by atoms with Crippen molar-refractivity contribution in [1.29, 1.82) is 0 Å². The Morgan fingerprint density at radius 3 is 2.41 bits per heavy atom. The largest absolute Gasteiger partial charge is 0.508 e. The number of nitrogens with two attached hydrogens (primary N) is 1. The number of fused-ring (bicyclic) bond motifs is 3. The van der Waals surface area contributed by atoms with Gasteiger partial charge in [0, 0.05) is 30.1 Å². The third kappa shape index (κ3) is 4.18. The van der Waals surface area contributed by atoms with Gasteiger partial charge >= 0.3 is 0 Å². The molecule has 3 aliphatic carbocycles. The Hall–Kier alpha value is -3.47. The summed E-state index contributed by atoms with van der Waals surface area (Å²) in [7, 11) is 5.02. The summed E-state index contributed by atoms with van der Waals surface area (Å²) >= 11 is 0. The molecule has 0 bridgehead atoms. The first-order valence-corrected chi connectivity index (χ1v) is 13.0. The SMILES string of the molecule is C=CCN(C)Cc1cc(C(C)C)c2c(c1O)C(O)=C1C(=O)[C@]3(O)C(O)=C(C(N)=O)C(=O)[C@@H](N(C)C)[C@@H]3C[C@@H]1C2. The van der Waals surface area contributed by atoms with Gasteiger partial charge in [-0.3, -0.25) is 24.2 Å². The molecule has 6 N–H and O–H groups in total. The first-order chi connectivity index (χ1) is 18.2. The van der Waals surface area contributed by atoms with Crippen LogP contribution in [0.4, 0.5) is 0 Å². The number of ketones is 2. The van der Waals surface area contributed by atoms with Gasteiger partial charge in [0.15, 0.2) is 11.4 Å². The van der Waals surface area contributed by atoms with E-state index < -0.39 is 58.0 Å². The molecule has 10 nitrogen and oxygen atoms in total. The number of phenols is 1. The van der Waals surface area contributed by atoms with E-state index in [2.05, 4.69) is 6.58 Å². The Bertz CT molecular complexity index is 1340. The van der Waals surface area contributed by atoms with E-state index in [1.165, 1.54) is 4.90 Å². The van der Waals surface area contributed by atoms with Crippen LogP contribution < -0.4 is 5.73 Å². The van der Waals surface area contributed by atoms with Crippen molar-refractivity contribution < 1.29 is 34.8 Å². The molecule has 1 fully saturated rings. The van der Waals surface area contributed by atoms with Gasteiger partial charge in [-0.25, -0.2) is 0 Å². The maximum Gasteiger partial charge on any atom is 0.255 e. The summed E-state index contributed by atoms with van der Waals surface area (Å²) in [5.41, 5.74) is 4.04. The Labute approximate surface area is 227 Å². The lowest BCUT2D eigenvalue weighted by Gasteiger charge is -2.50. The second-order valence-electron chi connectivity index (χ2n) is 11.4. The number of benzene rings is 1. The smallest absolute Gasteiger partial charge is 0.255 e. The molecular formula is C29H37N3O7. The second kappa shape index (κ2) is 9.93. The summed E-state index contributed by atoms with van der Waals surface area (Å²) in [6.45, 7) is 8.66. The summed E-state index contributed by atoms with van der Waals surface area (Å²) in [6.07, 6.45) is 2.07. The number of carbonyl (C=O) groups is 3. The second-order valence-corrected chi connectivity index (χ2v) is 11.4. The van der Waals surface area contributed by atoms with Gasteiger partial charge < -0.3 is 26.2 Å². The van der Waals surface area contributed by atoms with Crippen LogP contribution in [0.25, 0.3) is 5.76 Å². The molecular weight excluding hydrogens is 502 g/mol. The molecule has 0 heterocycles. The van der Waals surface area contributed by atoms with Gasteiger partial charge in [-0.15, -0.1) is 6.58 Å². The van der Waals surface area contributed by atoms with E-state index in [9.17, 15) is 34.8 Å². The van der Waals surface area contributed by atoms with Gasteiger partial charge in [0.25, 0.3) is 5.91 Å². The number of primary amides is 1. The van der Waals surface area contributed by atoms with E-state index in [4.69, 9.17) is 5.73 Å². The zero-order valence-corrected chi connectivity index (χ0v) is 23.0. The van der Waals surface area contributed by atoms with Crippen molar-refractivity contribution in [3.8, 4) is 5.75 Å². The van der Waals surface area contributed by atoms with E-state index in [0.717, 1.165) is 5.56 Å². The topological polar surface area (TPSA) is 165 Å². The Balaban J connectivity index is 1.96. The van der Waals surface area contributed by atoms with E-state index >= 15 is 0 Å². The fourth-order valence-corrected chi connectivity index (χ4v) is 6.61. The van der Waals surface area contributed by atoms with E-state index in [1.807, 2.05) is 31.9 Å². The van der Waals surface area contributed by atoms with Gasteiger partial charge in [-0.2, -0.15) is 0 Å². The van der Waals surface area contributed by atoms with Gasteiger partial charge in [0.05, 0.1) is 11.6 Å². The lowest BCUT2D eigenvalue weighted by molar-refractivity contribution is -0.153. The number of phenolic OH excluding ortho intramolecular Hbond substituents is 1. The highest BCUT2D eigenvalue weighted by Gasteiger charge is 2.64. The molecule has 1 amide bonds. The molecule has 1 aromatic rings. The lowest BCUT2D eigenvalue weighted by atomic mass is 9.57. The first kappa shape index (κ1) is 28.5. The Morgan fingerprint density at radius 1 is 1.23 bits per heavy atom. The van der Waals surface area contributed by atoms with Crippen LogP contribution in [-0.4, -0.2) is 87.0 Å². The summed E-state index contributed by atoms with van der Waals surface area (Å²) in [6, 6.07) is 0.807. The van der Waals surface area contributed by atoms with Crippen LogP contribution in [0.5, 0.6) is 5.75 Å². The van der Waals surface area contributed by atoms with Gasteiger partial charge in [0.2, 0.25) is 5.78 Å². The Morgan fingerprint density at radius 2 is 1.87 bits per heavy atom. The van der Waals surface area contributed by atoms with Crippen molar-refractivity contribution in [3.05, 3.63) is 57.9 Å². The molecule has 1 aromatic carbocycles. The minimum absolute atomic E-state index is 0.0317. The standard InChI is InChI=1S/C29H37N3O7/c1-7-8-32(6)12-15-10-16(13(2)3)17-9-14-11-18-22(31(4)5)25(35)21(28(30)38)27(37)29(18,39)26(36)19(14)24(34)20(17)23(15)33/h7,10,13-14,18,22,33-34,37,39H,1,8-9,11-12H2,2-6H3,(H2,30,38)/t14-,18-,22-,29-/m0/s1. The number of likely N-dealkylation sites (N-methyl/N-ethyl adjacent to an activating group) is 2. The number of rotatable bonds is 7. The third-order valence-corrected chi connectivity index (χ3v) is 8.34. The molecule has 0 aromatic heterocycles. The normalized spacial score (nSPS) is 26.7. The van der Waals surface area contributed by atoms with E-state index in [-0.39, 0.29) is 35.6 Å². The predicted molar refractivity (Wildman–Crippen MR) is 145 cm³/mol. The maximum absolute atomic E-state index is 14.0. The van der Waals surface area contributed by atoms with Crippen LogP contribution in [0.3, 0.4) is 0 Å². The highest BCUT2D eigenvalue weighted by Crippen LogP contribution is 2.53. The van der Waals surface area contributed by atoms with Crippen LogP contribution >= 0.6 is 0 Å². The number of aliphatic hydroxyl groups is 3. The maximum atomic E-state index is 14.0. The molecule has 0 radical (unpaired) electrons. The van der Waals surface area contributed by atoms with E-state index in [0.29, 0.717) is 24.2 Å². The number of aliphatic hydroxyl groups excluding tert-OH is 2. The molecule has 10 heteroatoms. The van der Waals surface area contributed by atoms with E-state index in [1.54, 1.807) is 20.2 Å². The summed E-state index contributed by atoms with van der Waals surface area (Å²) < 4.78 is 0. The van der Waals surface area contributed by atoms with Crippen LogP contribution in [0.1, 0.15) is 48.4 Å². The summed E-state index contributed by atoms with van der Waals surface area (Å²) in [5.74, 6) is -6.44. The number of aromatic hydroxyl groups is 1. The average Bonchev–Trinajstić information content (AvgIpc) is 2.82. The van der Waals surface area contributed by atoms with Crippen molar-refractivity contribution >= 4 is 23.2 Å².